The minimum atomic E-state index is 0.229. The van der Waals surface area contributed by atoms with E-state index in [-0.39, 0.29) is 6.10 Å². The van der Waals surface area contributed by atoms with E-state index in [0.29, 0.717) is 35.5 Å². The number of fused-ring (bicyclic) bond motifs is 1. The first-order valence-electron chi connectivity index (χ1n) is 13.7. The van der Waals surface area contributed by atoms with Gasteiger partial charge in [0, 0.05) is 17.8 Å². The van der Waals surface area contributed by atoms with E-state index in [9.17, 15) is 0 Å². The Balaban J connectivity index is 1.30. The van der Waals surface area contributed by atoms with Crippen LogP contribution in [0.2, 0.25) is 0 Å². The van der Waals surface area contributed by atoms with Gasteiger partial charge in [0.05, 0.1) is 6.33 Å². The number of rotatable bonds is 7. The van der Waals surface area contributed by atoms with Crippen LogP contribution in [0.25, 0.3) is 11.2 Å². The molecular weight excluding hydrogens is 450 g/mol. The molecule has 2 aliphatic rings. The topological polar surface area (TPSA) is 99.8 Å². The molecule has 0 aliphatic heterocycles. The van der Waals surface area contributed by atoms with Gasteiger partial charge < -0.3 is 25.7 Å². The van der Waals surface area contributed by atoms with Crippen LogP contribution in [0.4, 0.5) is 17.5 Å². The summed E-state index contributed by atoms with van der Waals surface area (Å²) >= 11 is 0. The van der Waals surface area contributed by atoms with Crippen molar-refractivity contribution in [1.29, 1.82) is 0 Å². The van der Waals surface area contributed by atoms with Crippen molar-refractivity contribution >= 4 is 28.6 Å². The molecule has 2 heterocycles. The molecule has 1 aromatic carbocycles. The largest absolute Gasteiger partial charge is 0.490 e. The minimum absolute atomic E-state index is 0.229. The number of anilines is 3. The Labute approximate surface area is 214 Å². The predicted octanol–water partition coefficient (Wildman–Crippen LogP) is 5.94. The van der Waals surface area contributed by atoms with Crippen molar-refractivity contribution < 1.29 is 4.74 Å². The molecule has 4 atom stereocenters. The molecule has 194 valence electrons. The van der Waals surface area contributed by atoms with Gasteiger partial charge in [0.1, 0.15) is 17.4 Å². The standard InChI is InChI=1S/C28H41N7O/c1-17-10-11-22(15-24(29-4)19(17)3)36-21-12-13-23(18(2)14-21)33-28-34-26-25(30-16-31-26)27(35-28)32-20-8-6-5-7-9-20/h12-14,16-17,19-20,22,24,29H,5-11,15H2,1-4H3,(H3,30,31,32,33,34,35). The lowest BCUT2D eigenvalue weighted by Gasteiger charge is -2.26. The third-order valence-corrected chi connectivity index (χ3v) is 8.34. The van der Waals surface area contributed by atoms with Gasteiger partial charge in [0.15, 0.2) is 11.5 Å². The number of aromatic nitrogens is 4. The first-order valence-corrected chi connectivity index (χ1v) is 13.7. The lowest BCUT2D eigenvalue weighted by Crippen LogP contribution is -2.36. The second-order valence-corrected chi connectivity index (χ2v) is 10.9. The molecule has 4 unspecified atom stereocenters. The number of nitrogens with one attached hydrogen (secondary N) is 4. The highest BCUT2D eigenvalue weighted by Gasteiger charge is 2.30. The Hall–Kier alpha value is -2.87. The Kier molecular flexibility index (Phi) is 7.60. The van der Waals surface area contributed by atoms with Crippen molar-refractivity contribution in [2.45, 2.75) is 90.3 Å². The second-order valence-electron chi connectivity index (χ2n) is 10.9. The summed E-state index contributed by atoms with van der Waals surface area (Å²) in [5.74, 6) is 3.65. The molecule has 2 aromatic heterocycles. The molecule has 3 aromatic rings. The molecule has 0 amide bonds. The van der Waals surface area contributed by atoms with Crippen molar-refractivity contribution in [3.05, 3.63) is 30.1 Å². The summed E-state index contributed by atoms with van der Waals surface area (Å²) in [5, 5.41) is 10.6. The van der Waals surface area contributed by atoms with Gasteiger partial charge in [-0.1, -0.05) is 33.1 Å². The molecule has 8 heteroatoms. The number of hydrogen-bond donors (Lipinski definition) is 4. The van der Waals surface area contributed by atoms with Gasteiger partial charge in [-0.05, 0) is 81.7 Å². The highest BCUT2D eigenvalue weighted by molar-refractivity contribution is 5.84. The van der Waals surface area contributed by atoms with Crippen molar-refractivity contribution in [2.24, 2.45) is 11.8 Å². The number of H-pyrrole nitrogens is 1. The summed E-state index contributed by atoms with van der Waals surface area (Å²) in [5.41, 5.74) is 3.59. The number of imidazole rings is 1. The van der Waals surface area contributed by atoms with E-state index >= 15 is 0 Å². The Bertz CT molecular complexity index is 1160. The fourth-order valence-electron chi connectivity index (χ4n) is 5.81. The van der Waals surface area contributed by atoms with E-state index in [1.54, 1.807) is 6.33 Å². The van der Waals surface area contributed by atoms with Crippen LogP contribution in [0.15, 0.2) is 24.5 Å². The van der Waals surface area contributed by atoms with E-state index in [2.05, 4.69) is 76.9 Å². The third kappa shape index (κ3) is 5.59. The Morgan fingerprint density at radius 2 is 1.86 bits per heavy atom. The molecule has 0 bridgehead atoms. The van der Waals surface area contributed by atoms with Gasteiger partial charge in [-0.2, -0.15) is 9.97 Å². The highest BCUT2D eigenvalue weighted by Crippen LogP contribution is 2.32. The van der Waals surface area contributed by atoms with E-state index in [1.165, 1.54) is 38.5 Å². The van der Waals surface area contributed by atoms with Crippen molar-refractivity contribution in [1.82, 2.24) is 25.3 Å². The number of aromatic amines is 1. The van der Waals surface area contributed by atoms with Crippen LogP contribution in [0, 0.1) is 18.8 Å². The van der Waals surface area contributed by atoms with E-state index in [0.717, 1.165) is 41.2 Å². The molecule has 2 fully saturated rings. The van der Waals surface area contributed by atoms with Gasteiger partial charge in [-0.25, -0.2) is 4.98 Å². The lowest BCUT2D eigenvalue weighted by molar-refractivity contribution is 0.169. The van der Waals surface area contributed by atoms with Crippen LogP contribution < -0.4 is 20.7 Å². The number of ether oxygens (including phenoxy) is 1. The molecule has 0 saturated heterocycles. The third-order valence-electron chi connectivity index (χ3n) is 8.34. The van der Waals surface area contributed by atoms with Crippen LogP contribution in [0.1, 0.15) is 70.8 Å². The first-order chi connectivity index (χ1) is 17.5. The molecule has 8 nitrogen and oxygen atoms in total. The van der Waals surface area contributed by atoms with E-state index in [4.69, 9.17) is 9.72 Å². The zero-order chi connectivity index (χ0) is 25.1. The normalized spacial score (nSPS) is 25.4. The monoisotopic (exact) mass is 491 g/mol. The summed E-state index contributed by atoms with van der Waals surface area (Å²) in [6.45, 7) is 6.81. The van der Waals surface area contributed by atoms with Gasteiger partial charge in [-0.3, -0.25) is 0 Å². The number of nitrogens with zero attached hydrogens (tertiary/aromatic N) is 3. The highest BCUT2D eigenvalue weighted by atomic mass is 16.5. The molecular formula is C28H41N7O. The van der Waals surface area contributed by atoms with Crippen LogP contribution >= 0.6 is 0 Å². The molecule has 4 N–H and O–H groups in total. The van der Waals surface area contributed by atoms with E-state index in [1.807, 2.05) is 0 Å². The maximum Gasteiger partial charge on any atom is 0.231 e. The number of aryl methyl sites for hydroxylation is 1. The van der Waals surface area contributed by atoms with Crippen LogP contribution in [-0.4, -0.2) is 45.2 Å². The molecule has 2 saturated carbocycles. The predicted molar refractivity (Wildman–Crippen MR) is 146 cm³/mol. The fourth-order valence-corrected chi connectivity index (χ4v) is 5.81. The summed E-state index contributed by atoms with van der Waals surface area (Å²) in [6, 6.07) is 7.16. The smallest absolute Gasteiger partial charge is 0.231 e. The number of benzene rings is 1. The molecule has 5 rings (SSSR count). The molecule has 0 radical (unpaired) electrons. The van der Waals surface area contributed by atoms with Crippen LogP contribution in [0.3, 0.4) is 0 Å². The SMILES string of the molecule is CNC1CC(Oc2ccc(Nc3nc(NC4CCCCC4)c4[nH]cnc4n3)c(C)c2)CCC(C)C1C. The van der Waals surface area contributed by atoms with Crippen molar-refractivity contribution in [2.75, 3.05) is 17.7 Å². The second kappa shape index (κ2) is 11.0. The molecule has 36 heavy (non-hydrogen) atoms. The van der Waals surface area contributed by atoms with Gasteiger partial charge in [-0.15, -0.1) is 0 Å². The zero-order valence-corrected chi connectivity index (χ0v) is 22.1. The quantitative estimate of drug-likeness (QED) is 0.303. The van der Waals surface area contributed by atoms with Gasteiger partial charge >= 0.3 is 0 Å². The maximum atomic E-state index is 6.48. The van der Waals surface area contributed by atoms with Crippen molar-refractivity contribution in [3.8, 4) is 5.75 Å². The maximum absolute atomic E-state index is 6.48. The molecule has 2 aliphatic carbocycles. The number of hydrogen-bond acceptors (Lipinski definition) is 7. The first kappa shape index (κ1) is 24.8. The van der Waals surface area contributed by atoms with Crippen LogP contribution in [-0.2, 0) is 0 Å². The summed E-state index contributed by atoms with van der Waals surface area (Å²) in [7, 11) is 2.07. The van der Waals surface area contributed by atoms with Gasteiger partial charge in [0.25, 0.3) is 0 Å². The Morgan fingerprint density at radius 1 is 1.03 bits per heavy atom. The van der Waals surface area contributed by atoms with Gasteiger partial charge in [0.2, 0.25) is 5.95 Å². The fraction of sp³-hybridized carbons (Fsp3) is 0.607. The van der Waals surface area contributed by atoms with E-state index < -0.39 is 0 Å². The average Bonchev–Trinajstić information content (AvgIpc) is 3.31. The average molecular weight is 492 g/mol. The summed E-state index contributed by atoms with van der Waals surface area (Å²) < 4.78 is 6.48. The van der Waals surface area contributed by atoms with Crippen LogP contribution in [0.5, 0.6) is 5.75 Å². The zero-order valence-electron chi connectivity index (χ0n) is 22.1. The van der Waals surface area contributed by atoms with Crippen molar-refractivity contribution in [3.63, 3.8) is 0 Å². The summed E-state index contributed by atoms with van der Waals surface area (Å²) in [6.07, 6.45) is 11.5. The lowest BCUT2D eigenvalue weighted by atomic mass is 9.88. The minimum Gasteiger partial charge on any atom is -0.490 e. The Morgan fingerprint density at radius 3 is 2.64 bits per heavy atom. The molecule has 0 spiro atoms. The summed E-state index contributed by atoms with van der Waals surface area (Å²) in [4.78, 5) is 17.1.